The van der Waals surface area contributed by atoms with Crippen LogP contribution < -0.4 is 9.46 Å². The van der Waals surface area contributed by atoms with Gasteiger partial charge in [0.2, 0.25) is 5.89 Å². The predicted octanol–water partition coefficient (Wildman–Crippen LogP) is 4.35. The summed E-state index contributed by atoms with van der Waals surface area (Å²) in [5.41, 5.74) is 1.54. The number of pyridine rings is 1. The second-order valence-corrected chi connectivity index (χ2v) is 7.93. The first kappa shape index (κ1) is 18.3. The first-order chi connectivity index (χ1) is 13.5. The Labute approximate surface area is 166 Å². The van der Waals surface area contributed by atoms with Crippen molar-refractivity contribution in [3.05, 3.63) is 65.8 Å². The van der Waals surface area contributed by atoms with Crippen LogP contribution in [0.2, 0.25) is 5.02 Å². The molecule has 0 bridgehead atoms. The van der Waals surface area contributed by atoms with Gasteiger partial charge in [-0.05, 0) is 48.5 Å². The van der Waals surface area contributed by atoms with Crippen LogP contribution in [0, 0.1) is 0 Å². The van der Waals surface area contributed by atoms with Gasteiger partial charge in [-0.15, -0.1) is 0 Å². The summed E-state index contributed by atoms with van der Waals surface area (Å²) in [5.74, 6) is 0.810. The van der Waals surface area contributed by atoms with E-state index in [9.17, 15) is 8.42 Å². The lowest BCUT2D eigenvalue weighted by atomic mass is 10.3. The number of aromatic nitrogens is 2. The molecule has 0 fully saturated rings. The third kappa shape index (κ3) is 3.51. The van der Waals surface area contributed by atoms with Gasteiger partial charge in [0, 0.05) is 11.2 Å². The number of nitrogens with zero attached hydrogens (tertiary/aromatic N) is 2. The number of ether oxygens (including phenoxy) is 1. The molecule has 0 aliphatic carbocycles. The Morgan fingerprint density at radius 3 is 2.61 bits per heavy atom. The Hall–Kier alpha value is -3.10. The zero-order valence-corrected chi connectivity index (χ0v) is 16.2. The highest BCUT2D eigenvalue weighted by atomic mass is 35.5. The van der Waals surface area contributed by atoms with Gasteiger partial charge in [-0.3, -0.25) is 9.71 Å². The molecule has 0 saturated carbocycles. The number of benzene rings is 2. The highest BCUT2D eigenvalue weighted by molar-refractivity contribution is 7.92. The summed E-state index contributed by atoms with van der Waals surface area (Å²) >= 11 is 5.99. The van der Waals surface area contributed by atoms with E-state index in [4.69, 9.17) is 20.8 Å². The molecule has 2 heterocycles. The molecule has 0 saturated heterocycles. The number of para-hydroxylation sites is 1. The first-order valence-corrected chi connectivity index (χ1v) is 10.0. The maximum atomic E-state index is 12.7. The predicted molar refractivity (Wildman–Crippen MR) is 106 cm³/mol. The van der Waals surface area contributed by atoms with E-state index in [0.717, 1.165) is 0 Å². The van der Waals surface area contributed by atoms with Gasteiger partial charge in [0.1, 0.15) is 17.0 Å². The number of halogens is 1. The van der Waals surface area contributed by atoms with Gasteiger partial charge in [0.25, 0.3) is 10.0 Å². The van der Waals surface area contributed by atoms with Crippen molar-refractivity contribution in [2.24, 2.45) is 0 Å². The van der Waals surface area contributed by atoms with E-state index in [1.807, 2.05) is 0 Å². The van der Waals surface area contributed by atoms with Gasteiger partial charge in [-0.2, -0.15) is 0 Å². The second kappa shape index (κ2) is 7.14. The molecule has 1 N–H and O–H groups in total. The van der Waals surface area contributed by atoms with E-state index in [1.54, 1.807) is 48.7 Å². The number of oxazole rings is 1. The topological polar surface area (TPSA) is 94.3 Å². The molecule has 7 nitrogen and oxygen atoms in total. The first-order valence-electron chi connectivity index (χ1n) is 8.14. The number of anilines is 1. The van der Waals surface area contributed by atoms with Crippen LogP contribution in [0.15, 0.2) is 70.1 Å². The molecule has 4 rings (SSSR count). The molecule has 0 atom stereocenters. The summed E-state index contributed by atoms with van der Waals surface area (Å²) in [6.07, 6.45) is 1.54. The SMILES string of the molecule is COc1ccc(S(=O)(=O)Nc2cccc3oc(-c4cc(Cl)ccn4)nc23)cc1. The van der Waals surface area contributed by atoms with E-state index in [1.165, 1.54) is 19.2 Å². The molecular formula is C19H14ClN3O4S. The van der Waals surface area contributed by atoms with E-state index >= 15 is 0 Å². The highest BCUT2D eigenvalue weighted by Gasteiger charge is 2.19. The summed E-state index contributed by atoms with van der Waals surface area (Å²) in [6.45, 7) is 0. The fraction of sp³-hybridized carbons (Fsp3) is 0.0526. The summed E-state index contributed by atoms with van der Waals surface area (Å²) in [5, 5.41) is 0.493. The Morgan fingerprint density at radius 2 is 1.89 bits per heavy atom. The van der Waals surface area contributed by atoms with Gasteiger partial charge in [-0.1, -0.05) is 17.7 Å². The Kier molecular flexibility index (Phi) is 4.66. The molecule has 2 aromatic heterocycles. The lowest BCUT2D eigenvalue weighted by Gasteiger charge is -2.08. The number of sulfonamides is 1. The van der Waals surface area contributed by atoms with E-state index < -0.39 is 10.0 Å². The molecule has 0 amide bonds. The zero-order chi connectivity index (χ0) is 19.7. The maximum absolute atomic E-state index is 12.7. The molecule has 0 radical (unpaired) electrons. The van der Waals surface area contributed by atoms with Crippen LogP contribution in [0.1, 0.15) is 0 Å². The molecule has 9 heteroatoms. The third-order valence-electron chi connectivity index (χ3n) is 3.97. The van der Waals surface area contributed by atoms with Crippen LogP contribution in [0.25, 0.3) is 22.7 Å². The third-order valence-corrected chi connectivity index (χ3v) is 5.59. The molecule has 142 valence electrons. The Morgan fingerprint density at radius 1 is 1.11 bits per heavy atom. The van der Waals surface area contributed by atoms with Gasteiger partial charge >= 0.3 is 0 Å². The molecule has 28 heavy (non-hydrogen) atoms. The zero-order valence-electron chi connectivity index (χ0n) is 14.6. The van der Waals surface area contributed by atoms with E-state index in [0.29, 0.717) is 33.3 Å². The van der Waals surface area contributed by atoms with Gasteiger partial charge < -0.3 is 9.15 Å². The van der Waals surface area contributed by atoms with Crippen LogP contribution in [0.4, 0.5) is 5.69 Å². The standard InChI is InChI=1S/C19H14ClN3O4S/c1-26-13-5-7-14(8-6-13)28(24,25)23-15-3-2-4-17-18(15)22-19(27-17)16-11-12(20)9-10-21-16/h2-11,23H,1H3. The summed E-state index contributed by atoms with van der Waals surface area (Å²) < 4.78 is 38.8. The fourth-order valence-electron chi connectivity index (χ4n) is 2.62. The lowest BCUT2D eigenvalue weighted by Crippen LogP contribution is -2.13. The summed E-state index contributed by atoms with van der Waals surface area (Å²) in [4.78, 5) is 8.68. The average molecular weight is 416 g/mol. The smallest absolute Gasteiger partial charge is 0.261 e. The average Bonchev–Trinajstić information content (AvgIpc) is 3.13. The Bertz CT molecular complexity index is 1250. The van der Waals surface area contributed by atoms with Crippen molar-refractivity contribution in [2.45, 2.75) is 4.90 Å². The van der Waals surface area contributed by atoms with Gasteiger partial charge in [-0.25, -0.2) is 13.4 Å². The number of nitrogens with one attached hydrogen (secondary N) is 1. The lowest BCUT2D eigenvalue weighted by molar-refractivity contribution is 0.414. The van der Waals surface area contributed by atoms with Crippen molar-refractivity contribution in [3.63, 3.8) is 0 Å². The van der Waals surface area contributed by atoms with E-state index in [2.05, 4.69) is 14.7 Å². The molecule has 0 aliphatic heterocycles. The number of fused-ring (bicyclic) bond motifs is 1. The Balaban J connectivity index is 1.72. The van der Waals surface area contributed by atoms with Gasteiger partial charge in [0.15, 0.2) is 5.58 Å². The largest absolute Gasteiger partial charge is 0.497 e. The maximum Gasteiger partial charge on any atom is 0.261 e. The minimum atomic E-state index is -3.82. The quantitative estimate of drug-likeness (QED) is 0.520. The van der Waals surface area contributed by atoms with Crippen molar-refractivity contribution in [2.75, 3.05) is 11.8 Å². The van der Waals surface area contributed by atoms with Crippen LogP contribution in [-0.4, -0.2) is 25.5 Å². The second-order valence-electron chi connectivity index (χ2n) is 5.81. The van der Waals surface area contributed by atoms with Crippen LogP contribution >= 0.6 is 11.6 Å². The summed E-state index contributed by atoms with van der Waals surface area (Å²) in [7, 11) is -2.30. The van der Waals surface area contributed by atoms with Crippen molar-refractivity contribution in [1.82, 2.24) is 9.97 Å². The molecule has 2 aromatic carbocycles. The van der Waals surface area contributed by atoms with Crippen molar-refractivity contribution in [1.29, 1.82) is 0 Å². The summed E-state index contributed by atoms with van der Waals surface area (Å²) in [6, 6.07) is 14.3. The van der Waals surface area contributed by atoms with Gasteiger partial charge in [0.05, 0.1) is 17.7 Å². The number of hydrogen-bond donors (Lipinski definition) is 1. The monoisotopic (exact) mass is 415 g/mol. The fourth-order valence-corrected chi connectivity index (χ4v) is 3.85. The highest BCUT2D eigenvalue weighted by Crippen LogP contribution is 2.30. The molecule has 0 aliphatic rings. The van der Waals surface area contributed by atoms with Crippen molar-refractivity contribution in [3.8, 4) is 17.3 Å². The minimum absolute atomic E-state index is 0.102. The number of rotatable bonds is 5. The number of methoxy groups -OCH3 is 1. The molecule has 0 unspecified atom stereocenters. The number of hydrogen-bond acceptors (Lipinski definition) is 6. The minimum Gasteiger partial charge on any atom is -0.497 e. The molecular weight excluding hydrogens is 402 g/mol. The normalized spacial score (nSPS) is 11.5. The van der Waals surface area contributed by atoms with Crippen molar-refractivity contribution < 1.29 is 17.6 Å². The van der Waals surface area contributed by atoms with Crippen LogP contribution in [0.5, 0.6) is 5.75 Å². The van der Waals surface area contributed by atoms with E-state index in [-0.39, 0.29) is 10.8 Å². The van der Waals surface area contributed by atoms with Crippen LogP contribution in [-0.2, 0) is 10.0 Å². The molecule has 4 aromatic rings. The van der Waals surface area contributed by atoms with Crippen molar-refractivity contribution >= 4 is 38.4 Å². The van der Waals surface area contributed by atoms with Crippen LogP contribution in [0.3, 0.4) is 0 Å². The molecule has 0 spiro atoms.